The van der Waals surface area contributed by atoms with Crippen molar-refractivity contribution in [3.8, 4) is 0 Å². The highest BCUT2D eigenvalue weighted by Gasteiger charge is 2.20. The smallest absolute Gasteiger partial charge is 0.263 e. The first-order valence-corrected chi connectivity index (χ1v) is 12.1. The van der Waals surface area contributed by atoms with Crippen LogP contribution in [0.5, 0.6) is 0 Å². The molecule has 0 radical (unpaired) electrons. The van der Waals surface area contributed by atoms with Gasteiger partial charge in [0.05, 0.1) is 11.6 Å². The van der Waals surface area contributed by atoms with Crippen molar-refractivity contribution in [1.29, 1.82) is 0 Å². The highest BCUT2D eigenvalue weighted by Crippen LogP contribution is 2.27. The third-order valence-electron chi connectivity index (χ3n) is 4.94. The second-order valence-electron chi connectivity index (χ2n) is 7.35. The Morgan fingerprint density at radius 1 is 1.00 bits per heavy atom. The molecule has 1 aliphatic rings. The zero-order valence-corrected chi connectivity index (χ0v) is 19.0. The van der Waals surface area contributed by atoms with Crippen LogP contribution in [0.1, 0.15) is 42.5 Å². The molecule has 7 nitrogen and oxygen atoms in total. The van der Waals surface area contributed by atoms with Gasteiger partial charge in [-0.05, 0) is 49.2 Å². The summed E-state index contributed by atoms with van der Waals surface area (Å²) in [5.74, 6) is -0.728. The van der Waals surface area contributed by atoms with Gasteiger partial charge in [-0.15, -0.1) is 0 Å². The highest BCUT2D eigenvalue weighted by atomic mass is 35.5. The molecule has 3 N–H and O–H groups in total. The van der Waals surface area contributed by atoms with Crippen LogP contribution in [-0.4, -0.2) is 32.8 Å². The topological polar surface area (TPSA) is 104 Å². The molecule has 31 heavy (non-hydrogen) atoms. The van der Waals surface area contributed by atoms with Crippen LogP contribution in [0.4, 0.5) is 5.69 Å². The molecule has 0 aromatic heterocycles. The van der Waals surface area contributed by atoms with Gasteiger partial charge in [0.15, 0.2) is 0 Å². The Bertz CT molecular complexity index is 1070. The molecule has 166 valence electrons. The van der Waals surface area contributed by atoms with E-state index >= 15 is 0 Å². The van der Waals surface area contributed by atoms with E-state index in [1.165, 1.54) is 48.9 Å². The van der Waals surface area contributed by atoms with Gasteiger partial charge in [0.1, 0.15) is 4.90 Å². The Labute approximate surface area is 191 Å². The van der Waals surface area contributed by atoms with Gasteiger partial charge in [-0.25, -0.2) is 8.42 Å². The molecule has 2 aromatic rings. The summed E-state index contributed by atoms with van der Waals surface area (Å²) >= 11 is 11.9. The molecule has 3 rings (SSSR count). The normalized spacial score (nSPS) is 14.6. The molecule has 0 heterocycles. The number of halogens is 2. The molecule has 1 saturated carbocycles. The number of nitrogens with one attached hydrogen (secondary N) is 3. The molecule has 2 amide bonds. The lowest BCUT2D eigenvalue weighted by molar-refractivity contribution is -0.121. The zero-order chi connectivity index (χ0) is 22.4. The van der Waals surface area contributed by atoms with Crippen LogP contribution in [0.3, 0.4) is 0 Å². The Hall–Kier alpha value is -2.29. The number of carbonyl (C=O) groups is 2. The van der Waals surface area contributed by atoms with Crippen LogP contribution in [0.15, 0.2) is 47.4 Å². The van der Waals surface area contributed by atoms with Gasteiger partial charge in [-0.3, -0.25) is 14.3 Å². The summed E-state index contributed by atoms with van der Waals surface area (Å²) in [6.07, 6.45) is 5.30. The minimum absolute atomic E-state index is 0.0229. The monoisotopic (exact) mass is 483 g/mol. The number of sulfonamides is 1. The lowest BCUT2D eigenvalue weighted by atomic mass is 9.95. The number of rotatable bonds is 7. The Balaban J connectivity index is 1.62. The average molecular weight is 484 g/mol. The van der Waals surface area contributed by atoms with Crippen molar-refractivity contribution in [1.82, 2.24) is 10.6 Å². The Kier molecular flexibility index (Phi) is 7.80. The molecule has 0 bridgehead atoms. The maximum atomic E-state index is 12.7. The third kappa shape index (κ3) is 6.59. The van der Waals surface area contributed by atoms with Crippen molar-refractivity contribution >= 4 is 50.7 Å². The largest absolute Gasteiger partial charge is 0.352 e. The van der Waals surface area contributed by atoms with E-state index in [0.717, 1.165) is 25.7 Å². The molecular weight excluding hydrogens is 461 g/mol. The van der Waals surface area contributed by atoms with Crippen molar-refractivity contribution in [3.63, 3.8) is 0 Å². The Morgan fingerprint density at radius 3 is 2.48 bits per heavy atom. The van der Waals surface area contributed by atoms with Gasteiger partial charge < -0.3 is 10.6 Å². The summed E-state index contributed by atoms with van der Waals surface area (Å²) < 4.78 is 27.7. The number of carbonyl (C=O) groups excluding carboxylic acids is 2. The molecular formula is C21H23Cl2N3O4S. The first kappa shape index (κ1) is 23.4. The van der Waals surface area contributed by atoms with Crippen molar-refractivity contribution in [2.24, 2.45) is 0 Å². The van der Waals surface area contributed by atoms with Crippen molar-refractivity contribution in [2.75, 3.05) is 11.3 Å². The van der Waals surface area contributed by atoms with Gasteiger partial charge in [0.2, 0.25) is 5.91 Å². The second-order valence-corrected chi connectivity index (χ2v) is 9.84. The van der Waals surface area contributed by atoms with E-state index in [0.29, 0.717) is 0 Å². The number of hydrogen-bond donors (Lipinski definition) is 3. The average Bonchev–Trinajstić information content (AvgIpc) is 2.74. The third-order valence-corrected chi connectivity index (χ3v) is 7.04. The van der Waals surface area contributed by atoms with E-state index < -0.39 is 15.9 Å². The van der Waals surface area contributed by atoms with E-state index in [4.69, 9.17) is 23.2 Å². The van der Waals surface area contributed by atoms with E-state index in [9.17, 15) is 18.0 Å². The molecule has 2 aromatic carbocycles. The SMILES string of the molecule is O=C(CNC(=O)c1cccc(NS(=O)(=O)c2cc(Cl)ccc2Cl)c1)NC1CCCCC1. The summed E-state index contributed by atoms with van der Waals surface area (Å²) in [4.78, 5) is 24.3. The fourth-order valence-electron chi connectivity index (χ4n) is 3.41. The maximum Gasteiger partial charge on any atom is 0.263 e. The zero-order valence-electron chi connectivity index (χ0n) is 16.7. The van der Waals surface area contributed by atoms with Crippen molar-refractivity contribution in [2.45, 2.75) is 43.0 Å². The van der Waals surface area contributed by atoms with Crippen LogP contribution in [0, 0.1) is 0 Å². The van der Waals surface area contributed by atoms with Gasteiger partial charge in [0, 0.05) is 22.3 Å². The quantitative estimate of drug-likeness (QED) is 0.553. The van der Waals surface area contributed by atoms with Crippen LogP contribution in [0.25, 0.3) is 0 Å². The number of benzene rings is 2. The Morgan fingerprint density at radius 2 is 1.74 bits per heavy atom. The summed E-state index contributed by atoms with van der Waals surface area (Å²) in [6, 6.07) is 10.2. The van der Waals surface area contributed by atoms with Crippen LogP contribution < -0.4 is 15.4 Å². The number of anilines is 1. The highest BCUT2D eigenvalue weighted by molar-refractivity contribution is 7.92. The molecule has 0 saturated heterocycles. The van der Waals surface area contributed by atoms with Gasteiger partial charge in [-0.1, -0.05) is 48.5 Å². The van der Waals surface area contributed by atoms with Gasteiger partial charge >= 0.3 is 0 Å². The predicted octanol–water partition coefficient (Wildman–Crippen LogP) is 3.97. The van der Waals surface area contributed by atoms with Crippen LogP contribution in [0.2, 0.25) is 10.0 Å². The second kappa shape index (κ2) is 10.3. The fraction of sp³-hybridized carbons (Fsp3) is 0.333. The predicted molar refractivity (Wildman–Crippen MR) is 121 cm³/mol. The van der Waals surface area contributed by atoms with E-state index in [2.05, 4.69) is 15.4 Å². The molecule has 0 unspecified atom stereocenters. The van der Waals surface area contributed by atoms with E-state index in [1.54, 1.807) is 0 Å². The van der Waals surface area contributed by atoms with Crippen LogP contribution in [-0.2, 0) is 14.8 Å². The molecule has 0 atom stereocenters. The minimum atomic E-state index is -4.01. The molecule has 0 aliphatic heterocycles. The van der Waals surface area contributed by atoms with Crippen molar-refractivity contribution in [3.05, 3.63) is 58.1 Å². The van der Waals surface area contributed by atoms with E-state index in [1.807, 2.05) is 0 Å². The molecule has 10 heteroatoms. The number of hydrogen-bond acceptors (Lipinski definition) is 4. The summed E-state index contributed by atoms with van der Waals surface area (Å²) in [7, 11) is -4.01. The van der Waals surface area contributed by atoms with Gasteiger partial charge in [-0.2, -0.15) is 0 Å². The lowest BCUT2D eigenvalue weighted by Gasteiger charge is -2.22. The van der Waals surface area contributed by atoms with Crippen LogP contribution >= 0.6 is 23.2 Å². The first-order valence-electron chi connectivity index (χ1n) is 9.90. The number of amides is 2. The molecule has 0 spiro atoms. The lowest BCUT2D eigenvalue weighted by Crippen LogP contribution is -2.42. The van der Waals surface area contributed by atoms with Crippen molar-refractivity contribution < 1.29 is 18.0 Å². The molecule has 1 fully saturated rings. The fourth-order valence-corrected chi connectivity index (χ4v) is 5.22. The summed E-state index contributed by atoms with van der Waals surface area (Å²) in [5, 5.41) is 5.74. The minimum Gasteiger partial charge on any atom is -0.352 e. The summed E-state index contributed by atoms with van der Waals surface area (Å²) in [6.45, 7) is -0.149. The van der Waals surface area contributed by atoms with E-state index in [-0.39, 0.29) is 44.7 Å². The molecule has 1 aliphatic carbocycles. The first-order chi connectivity index (χ1) is 14.7. The standard InChI is InChI=1S/C21H23Cl2N3O4S/c22-15-9-10-18(23)19(12-15)31(29,30)26-17-8-4-5-14(11-17)21(28)24-13-20(27)25-16-6-2-1-3-7-16/h4-5,8-12,16,26H,1-3,6-7,13H2,(H,24,28)(H,25,27). The van der Waals surface area contributed by atoms with Gasteiger partial charge in [0.25, 0.3) is 15.9 Å². The summed E-state index contributed by atoms with van der Waals surface area (Å²) in [5.41, 5.74) is 0.387. The maximum absolute atomic E-state index is 12.7.